The van der Waals surface area contributed by atoms with Crippen molar-refractivity contribution in [3.05, 3.63) is 29.3 Å². The van der Waals surface area contributed by atoms with E-state index >= 15 is 0 Å². The summed E-state index contributed by atoms with van der Waals surface area (Å²) in [7, 11) is 0. The average molecular weight is 274 g/mol. The first-order valence-corrected chi connectivity index (χ1v) is 8.09. The topological polar surface area (TPSA) is 24.5 Å². The molecule has 3 heteroatoms. The van der Waals surface area contributed by atoms with Crippen molar-refractivity contribution in [1.82, 2.24) is 10.2 Å². The highest BCUT2D eigenvalue weighted by molar-refractivity contribution is 5.45. The molecule has 20 heavy (non-hydrogen) atoms. The molecule has 3 nitrogen and oxygen atoms in total. The first-order valence-electron chi connectivity index (χ1n) is 8.09. The molecular formula is C17H26N2O. The molecule has 1 atom stereocenters. The summed E-state index contributed by atoms with van der Waals surface area (Å²) in [5.74, 6) is 1.11. The van der Waals surface area contributed by atoms with Gasteiger partial charge < -0.3 is 10.1 Å². The molecule has 0 radical (unpaired) electrons. The third kappa shape index (κ3) is 2.99. The van der Waals surface area contributed by atoms with Crippen molar-refractivity contribution in [1.29, 1.82) is 0 Å². The van der Waals surface area contributed by atoms with Crippen molar-refractivity contribution >= 4 is 0 Å². The van der Waals surface area contributed by atoms with Gasteiger partial charge in [0.2, 0.25) is 0 Å². The second kappa shape index (κ2) is 6.59. The van der Waals surface area contributed by atoms with Gasteiger partial charge in [-0.05, 0) is 62.5 Å². The van der Waals surface area contributed by atoms with Crippen molar-refractivity contribution in [2.75, 3.05) is 32.8 Å². The number of benzene rings is 1. The van der Waals surface area contributed by atoms with Crippen LogP contribution in [0.25, 0.3) is 0 Å². The lowest BCUT2D eigenvalue weighted by atomic mass is 10.1. The second-order valence-corrected chi connectivity index (χ2v) is 5.87. The first kappa shape index (κ1) is 13.9. The van der Waals surface area contributed by atoms with Gasteiger partial charge in [-0.15, -0.1) is 0 Å². The molecular weight excluding hydrogens is 248 g/mol. The van der Waals surface area contributed by atoms with E-state index in [0.29, 0.717) is 6.04 Å². The van der Waals surface area contributed by atoms with E-state index in [0.717, 1.165) is 31.9 Å². The van der Waals surface area contributed by atoms with E-state index in [9.17, 15) is 0 Å². The molecule has 2 aliphatic rings. The Morgan fingerprint density at radius 3 is 2.95 bits per heavy atom. The van der Waals surface area contributed by atoms with Gasteiger partial charge in [-0.3, -0.25) is 4.90 Å². The van der Waals surface area contributed by atoms with Gasteiger partial charge in [0.1, 0.15) is 12.4 Å². The fourth-order valence-electron chi connectivity index (χ4n) is 3.51. The highest BCUT2D eigenvalue weighted by Gasteiger charge is 2.24. The number of hydrogen-bond acceptors (Lipinski definition) is 3. The van der Waals surface area contributed by atoms with Crippen molar-refractivity contribution in [2.24, 2.45) is 0 Å². The van der Waals surface area contributed by atoms with Gasteiger partial charge in [0.15, 0.2) is 0 Å². The monoisotopic (exact) mass is 274 g/mol. The average Bonchev–Trinajstić information content (AvgIpc) is 3.10. The van der Waals surface area contributed by atoms with Crippen LogP contribution < -0.4 is 10.1 Å². The van der Waals surface area contributed by atoms with Gasteiger partial charge in [0, 0.05) is 12.6 Å². The van der Waals surface area contributed by atoms with Crippen LogP contribution in [0, 0.1) is 0 Å². The minimum Gasteiger partial charge on any atom is -0.492 e. The Kier molecular flexibility index (Phi) is 4.58. The molecule has 1 saturated heterocycles. The van der Waals surface area contributed by atoms with Crippen LogP contribution in [0.1, 0.15) is 43.4 Å². The number of nitrogens with one attached hydrogen (secondary N) is 1. The number of rotatable bonds is 6. The van der Waals surface area contributed by atoms with Crippen molar-refractivity contribution in [2.45, 2.75) is 38.6 Å². The fourth-order valence-corrected chi connectivity index (χ4v) is 3.51. The third-order valence-electron chi connectivity index (χ3n) is 4.54. The molecule has 0 aromatic heterocycles. The van der Waals surface area contributed by atoms with Crippen LogP contribution in [0.4, 0.5) is 0 Å². The van der Waals surface area contributed by atoms with Gasteiger partial charge in [0.25, 0.3) is 0 Å². The Balaban J connectivity index is 1.59. The Labute approximate surface area is 122 Å². The minimum atomic E-state index is 0.525. The maximum absolute atomic E-state index is 6.07. The Bertz CT molecular complexity index is 441. The van der Waals surface area contributed by atoms with Crippen LogP contribution >= 0.6 is 0 Å². The molecule has 1 aliphatic heterocycles. The van der Waals surface area contributed by atoms with Gasteiger partial charge >= 0.3 is 0 Å². The standard InChI is InChI=1S/C17H26N2O/c1-2-18-16-9-8-15-14(16)6-5-7-17(15)20-13-12-19-10-3-4-11-19/h5-7,16,18H,2-4,8-13H2,1H3. The first-order chi connectivity index (χ1) is 9.88. The molecule has 0 bridgehead atoms. The van der Waals surface area contributed by atoms with Gasteiger partial charge in [-0.25, -0.2) is 0 Å². The van der Waals surface area contributed by atoms with E-state index in [4.69, 9.17) is 4.74 Å². The summed E-state index contributed by atoms with van der Waals surface area (Å²) in [5.41, 5.74) is 2.88. The van der Waals surface area contributed by atoms with Crippen LogP contribution in [0.5, 0.6) is 5.75 Å². The van der Waals surface area contributed by atoms with Gasteiger partial charge in [0.05, 0.1) is 0 Å². The SMILES string of the molecule is CCNC1CCc2c(OCCN3CCCC3)cccc21. The maximum Gasteiger partial charge on any atom is 0.122 e. The molecule has 1 heterocycles. The summed E-state index contributed by atoms with van der Waals surface area (Å²) in [6.07, 6.45) is 5.05. The fraction of sp³-hybridized carbons (Fsp3) is 0.647. The molecule has 1 unspecified atom stereocenters. The molecule has 1 aromatic rings. The zero-order valence-electron chi connectivity index (χ0n) is 12.5. The summed E-state index contributed by atoms with van der Waals surface area (Å²) in [5, 5.41) is 3.56. The lowest BCUT2D eigenvalue weighted by molar-refractivity contribution is 0.236. The quantitative estimate of drug-likeness (QED) is 0.863. The zero-order chi connectivity index (χ0) is 13.8. The summed E-state index contributed by atoms with van der Waals surface area (Å²) in [6.45, 7) is 7.60. The van der Waals surface area contributed by atoms with Crippen LogP contribution in [0.3, 0.4) is 0 Å². The number of hydrogen-bond donors (Lipinski definition) is 1. The summed E-state index contributed by atoms with van der Waals surface area (Å²) in [4.78, 5) is 2.50. The lowest BCUT2D eigenvalue weighted by Crippen LogP contribution is -2.25. The maximum atomic E-state index is 6.07. The summed E-state index contributed by atoms with van der Waals surface area (Å²) < 4.78 is 6.07. The van der Waals surface area contributed by atoms with E-state index in [1.807, 2.05) is 0 Å². The summed E-state index contributed by atoms with van der Waals surface area (Å²) in [6, 6.07) is 7.05. The largest absolute Gasteiger partial charge is 0.492 e. The summed E-state index contributed by atoms with van der Waals surface area (Å²) >= 11 is 0. The predicted octanol–water partition coefficient (Wildman–Crippen LogP) is 2.76. The Morgan fingerprint density at radius 2 is 2.15 bits per heavy atom. The van der Waals surface area contributed by atoms with E-state index in [-0.39, 0.29) is 0 Å². The molecule has 1 N–H and O–H groups in total. The predicted molar refractivity (Wildman–Crippen MR) is 82.3 cm³/mol. The van der Waals surface area contributed by atoms with Crippen LogP contribution in [-0.4, -0.2) is 37.7 Å². The smallest absolute Gasteiger partial charge is 0.122 e. The minimum absolute atomic E-state index is 0.525. The van der Waals surface area contributed by atoms with Gasteiger partial charge in [-0.1, -0.05) is 19.1 Å². The van der Waals surface area contributed by atoms with Crippen LogP contribution in [-0.2, 0) is 6.42 Å². The second-order valence-electron chi connectivity index (χ2n) is 5.87. The highest BCUT2D eigenvalue weighted by Crippen LogP contribution is 2.36. The van der Waals surface area contributed by atoms with E-state index < -0.39 is 0 Å². The third-order valence-corrected chi connectivity index (χ3v) is 4.54. The van der Waals surface area contributed by atoms with Crippen LogP contribution in [0.2, 0.25) is 0 Å². The van der Waals surface area contributed by atoms with E-state index in [1.54, 1.807) is 0 Å². The number of ether oxygens (including phenoxy) is 1. The Morgan fingerprint density at radius 1 is 1.30 bits per heavy atom. The molecule has 1 fully saturated rings. The number of nitrogens with zero attached hydrogens (tertiary/aromatic N) is 1. The van der Waals surface area contributed by atoms with Crippen molar-refractivity contribution < 1.29 is 4.74 Å². The molecule has 0 amide bonds. The Hall–Kier alpha value is -1.06. The number of likely N-dealkylation sites (tertiary alicyclic amines) is 1. The van der Waals surface area contributed by atoms with E-state index in [2.05, 4.69) is 35.3 Å². The van der Waals surface area contributed by atoms with E-state index in [1.165, 1.54) is 43.5 Å². The number of fused-ring (bicyclic) bond motifs is 1. The molecule has 3 rings (SSSR count). The lowest BCUT2D eigenvalue weighted by Gasteiger charge is -2.17. The molecule has 1 aliphatic carbocycles. The normalized spacial score (nSPS) is 22.1. The molecule has 110 valence electrons. The van der Waals surface area contributed by atoms with Crippen molar-refractivity contribution in [3.8, 4) is 5.75 Å². The molecule has 0 spiro atoms. The molecule has 0 saturated carbocycles. The van der Waals surface area contributed by atoms with Crippen molar-refractivity contribution in [3.63, 3.8) is 0 Å². The highest BCUT2D eigenvalue weighted by atomic mass is 16.5. The molecule has 1 aromatic carbocycles. The zero-order valence-corrected chi connectivity index (χ0v) is 12.5. The van der Waals surface area contributed by atoms with Gasteiger partial charge in [-0.2, -0.15) is 0 Å². The van der Waals surface area contributed by atoms with Crippen LogP contribution in [0.15, 0.2) is 18.2 Å².